The molecule has 0 bridgehead atoms. The van der Waals surface area contributed by atoms with Gasteiger partial charge in [-0.1, -0.05) is 51.1 Å². The summed E-state index contributed by atoms with van der Waals surface area (Å²) in [6.07, 6.45) is 0.678. The first-order valence-corrected chi connectivity index (χ1v) is 8.99. The van der Waals surface area contributed by atoms with Gasteiger partial charge in [0.2, 0.25) is 5.91 Å². The number of aliphatic carboxylic acids is 1. The Morgan fingerprint density at radius 3 is 2.26 bits per heavy atom. The second kappa shape index (κ2) is 10.7. The van der Waals surface area contributed by atoms with Crippen molar-refractivity contribution in [2.24, 2.45) is 5.41 Å². The molecule has 7 nitrogen and oxygen atoms in total. The van der Waals surface area contributed by atoms with Crippen LogP contribution in [-0.4, -0.2) is 48.7 Å². The minimum absolute atomic E-state index is 0.0547. The first kappa shape index (κ1) is 22.6. The summed E-state index contributed by atoms with van der Waals surface area (Å²) in [4.78, 5) is 35.8. The summed E-state index contributed by atoms with van der Waals surface area (Å²) < 4.78 is 4.78. The van der Waals surface area contributed by atoms with Crippen molar-refractivity contribution in [1.29, 1.82) is 0 Å². The van der Waals surface area contributed by atoms with Gasteiger partial charge in [0, 0.05) is 6.42 Å². The van der Waals surface area contributed by atoms with Gasteiger partial charge in [-0.25, -0.2) is 4.79 Å². The number of carboxylic acid groups (broad SMARTS) is 1. The molecule has 0 fully saturated rings. The molecule has 2 atom stereocenters. The van der Waals surface area contributed by atoms with E-state index < -0.39 is 29.9 Å². The maximum atomic E-state index is 12.6. The summed E-state index contributed by atoms with van der Waals surface area (Å²) >= 11 is 0. The number of amides is 1. The Bertz CT molecular complexity index is 625. The van der Waals surface area contributed by atoms with Gasteiger partial charge in [-0.2, -0.15) is 0 Å². The van der Waals surface area contributed by atoms with Crippen LogP contribution in [0.2, 0.25) is 0 Å². The molecule has 0 aliphatic heterocycles. The van der Waals surface area contributed by atoms with Crippen LogP contribution in [0.25, 0.3) is 0 Å². The average molecular weight is 378 g/mol. The zero-order valence-electron chi connectivity index (χ0n) is 16.5. The third-order valence-electron chi connectivity index (χ3n) is 4.05. The Balaban J connectivity index is 2.80. The van der Waals surface area contributed by atoms with E-state index in [2.05, 4.69) is 31.4 Å². The molecule has 0 aliphatic carbocycles. The highest BCUT2D eigenvalue weighted by Crippen LogP contribution is 2.17. The number of nitrogens with one attached hydrogen (secondary N) is 2. The normalized spacial score (nSPS) is 13.5. The quantitative estimate of drug-likeness (QED) is 0.536. The number of esters is 1. The molecule has 0 saturated carbocycles. The second-order valence-electron chi connectivity index (χ2n) is 7.69. The van der Waals surface area contributed by atoms with E-state index in [1.165, 1.54) is 7.11 Å². The zero-order valence-corrected chi connectivity index (χ0v) is 16.5. The molecular weight excluding hydrogens is 348 g/mol. The molecule has 0 saturated heterocycles. The number of carbonyl (C=O) groups is 3. The fraction of sp³-hybridized carbons (Fsp3) is 0.550. The molecule has 3 N–H and O–H groups in total. The number of hydrogen-bond acceptors (Lipinski definition) is 5. The highest BCUT2D eigenvalue weighted by molar-refractivity contribution is 5.90. The molecule has 1 aromatic carbocycles. The van der Waals surface area contributed by atoms with Crippen LogP contribution in [0.4, 0.5) is 0 Å². The van der Waals surface area contributed by atoms with E-state index in [1.807, 2.05) is 30.3 Å². The van der Waals surface area contributed by atoms with Crippen molar-refractivity contribution in [3.8, 4) is 0 Å². The highest BCUT2D eigenvalue weighted by Gasteiger charge is 2.28. The van der Waals surface area contributed by atoms with Crippen LogP contribution in [0.1, 0.15) is 39.2 Å². The van der Waals surface area contributed by atoms with Gasteiger partial charge in [-0.3, -0.25) is 9.59 Å². The van der Waals surface area contributed by atoms with Crippen molar-refractivity contribution in [3.05, 3.63) is 35.9 Å². The predicted octanol–water partition coefficient (Wildman–Crippen LogP) is 1.76. The van der Waals surface area contributed by atoms with Gasteiger partial charge < -0.3 is 20.5 Å². The number of rotatable bonds is 10. The average Bonchev–Trinajstić information content (AvgIpc) is 2.59. The lowest BCUT2D eigenvalue weighted by atomic mass is 9.92. The maximum absolute atomic E-state index is 12.6. The van der Waals surface area contributed by atoms with Crippen molar-refractivity contribution in [1.82, 2.24) is 10.6 Å². The van der Waals surface area contributed by atoms with E-state index in [4.69, 9.17) is 9.84 Å². The lowest BCUT2D eigenvalue weighted by molar-refractivity contribution is -0.145. The molecule has 2 unspecified atom stereocenters. The first-order chi connectivity index (χ1) is 12.6. The van der Waals surface area contributed by atoms with Crippen LogP contribution in [0.3, 0.4) is 0 Å². The van der Waals surface area contributed by atoms with Crippen LogP contribution in [0.5, 0.6) is 0 Å². The highest BCUT2D eigenvalue weighted by atomic mass is 16.5. The standard InChI is InChI=1S/C20H30N2O5/c1-20(2,3)10-11-21-15(13-17(23)24)18(25)22-16(19(26)27-4)12-14-8-6-5-7-9-14/h5-9,15-16,21H,10-13H2,1-4H3,(H,22,25)(H,23,24). The van der Waals surface area contributed by atoms with E-state index in [0.717, 1.165) is 12.0 Å². The topological polar surface area (TPSA) is 105 Å². The van der Waals surface area contributed by atoms with Crippen LogP contribution in [-0.2, 0) is 25.5 Å². The number of hydrogen-bond donors (Lipinski definition) is 3. The predicted molar refractivity (Wildman–Crippen MR) is 102 cm³/mol. The molecule has 0 heterocycles. The molecule has 0 aromatic heterocycles. The fourth-order valence-electron chi connectivity index (χ4n) is 2.51. The van der Waals surface area contributed by atoms with Gasteiger partial charge in [0.25, 0.3) is 0 Å². The minimum atomic E-state index is -1.09. The van der Waals surface area contributed by atoms with Crippen LogP contribution in [0.15, 0.2) is 30.3 Å². The Labute approximate surface area is 160 Å². The summed E-state index contributed by atoms with van der Waals surface area (Å²) in [5, 5.41) is 14.7. The first-order valence-electron chi connectivity index (χ1n) is 8.99. The van der Waals surface area contributed by atoms with Crippen molar-refractivity contribution in [2.75, 3.05) is 13.7 Å². The Hall–Kier alpha value is -2.41. The SMILES string of the molecule is COC(=O)C(Cc1ccccc1)NC(=O)C(CC(=O)O)NCCC(C)(C)C. The van der Waals surface area contributed by atoms with E-state index >= 15 is 0 Å². The lowest BCUT2D eigenvalue weighted by Crippen LogP contribution is -2.52. The molecule has 0 spiro atoms. The fourth-order valence-corrected chi connectivity index (χ4v) is 2.51. The second-order valence-corrected chi connectivity index (χ2v) is 7.69. The van der Waals surface area contributed by atoms with Crippen LogP contribution in [0, 0.1) is 5.41 Å². The summed E-state index contributed by atoms with van der Waals surface area (Å²) in [6, 6.07) is 7.42. The van der Waals surface area contributed by atoms with E-state index in [0.29, 0.717) is 6.54 Å². The molecule has 27 heavy (non-hydrogen) atoms. The van der Waals surface area contributed by atoms with Gasteiger partial charge >= 0.3 is 11.9 Å². The van der Waals surface area contributed by atoms with E-state index in [-0.39, 0.29) is 18.3 Å². The minimum Gasteiger partial charge on any atom is -0.481 e. The van der Waals surface area contributed by atoms with E-state index in [9.17, 15) is 14.4 Å². The van der Waals surface area contributed by atoms with Gasteiger partial charge in [0.15, 0.2) is 0 Å². The molecule has 150 valence electrons. The van der Waals surface area contributed by atoms with Crippen molar-refractivity contribution in [3.63, 3.8) is 0 Å². The summed E-state index contributed by atoms with van der Waals surface area (Å²) in [6.45, 7) is 6.69. The Kier molecular flexibility index (Phi) is 8.94. The zero-order chi connectivity index (χ0) is 20.4. The maximum Gasteiger partial charge on any atom is 0.328 e. The molecule has 0 aliphatic rings. The Morgan fingerprint density at radius 2 is 1.74 bits per heavy atom. The van der Waals surface area contributed by atoms with Gasteiger partial charge in [0.05, 0.1) is 19.6 Å². The smallest absolute Gasteiger partial charge is 0.328 e. The third kappa shape index (κ3) is 9.19. The number of carboxylic acids is 1. The van der Waals surface area contributed by atoms with Crippen molar-refractivity contribution >= 4 is 17.8 Å². The van der Waals surface area contributed by atoms with Crippen LogP contribution >= 0.6 is 0 Å². The van der Waals surface area contributed by atoms with Gasteiger partial charge in [-0.05, 0) is 23.9 Å². The number of ether oxygens (including phenoxy) is 1. The summed E-state index contributed by atoms with van der Waals surface area (Å²) in [7, 11) is 1.25. The van der Waals surface area contributed by atoms with Crippen LogP contribution < -0.4 is 10.6 Å². The monoisotopic (exact) mass is 378 g/mol. The lowest BCUT2D eigenvalue weighted by Gasteiger charge is -2.23. The third-order valence-corrected chi connectivity index (χ3v) is 4.05. The van der Waals surface area contributed by atoms with Gasteiger partial charge in [0.1, 0.15) is 6.04 Å². The largest absolute Gasteiger partial charge is 0.481 e. The molecule has 1 amide bonds. The van der Waals surface area contributed by atoms with Crippen molar-refractivity contribution in [2.45, 2.75) is 52.1 Å². The number of methoxy groups -OCH3 is 1. The Morgan fingerprint density at radius 1 is 1.11 bits per heavy atom. The van der Waals surface area contributed by atoms with Gasteiger partial charge in [-0.15, -0.1) is 0 Å². The molecule has 1 aromatic rings. The molecule has 1 rings (SSSR count). The molecular formula is C20H30N2O5. The number of benzene rings is 1. The van der Waals surface area contributed by atoms with E-state index in [1.54, 1.807) is 0 Å². The van der Waals surface area contributed by atoms with Crippen molar-refractivity contribution < 1.29 is 24.2 Å². The number of carbonyl (C=O) groups excluding carboxylic acids is 2. The summed E-state index contributed by atoms with van der Waals surface area (Å²) in [5.41, 5.74) is 0.919. The molecule has 0 radical (unpaired) electrons. The molecule has 7 heteroatoms. The summed E-state index contributed by atoms with van der Waals surface area (Å²) in [5.74, 6) is -2.19.